The van der Waals surface area contributed by atoms with Crippen molar-refractivity contribution in [2.75, 3.05) is 0 Å². The standard InChI is InChI=1S/C12H14F2O/c1-9(15)11(7-8-11)12(13,14)10-5-3-2-4-6-10/h2-6,9,15H,7-8H2,1H3. The van der Waals surface area contributed by atoms with Crippen LogP contribution in [0.25, 0.3) is 0 Å². The summed E-state index contributed by atoms with van der Waals surface area (Å²) in [6, 6.07) is 7.75. The predicted octanol–water partition coefficient (Wildman–Crippen LogP) is 2.94. The van der Waals surface area contributed by atoms with Crippen molar-refractivity contribution in [1.82, 2.24) is 0 Å². The van der Waals surface area contributed by atoms with Crippen LogP contribution in [0.5, 0.6) is 0 Å². The van der Waals surface area contributed by atoms with Crippen molar-refractivity contribution in [3.8, 4) is 0 Å². The fraction of sp³-hybridized carbons (Fsp3) is 0.500. The van der Waals surface area contributed by atoms with Crippen LogP contribution in [0.15, 0.2) is 30.3 Å². The summed E-state index contributed by atoms with van der Waals surface area (Å²) in [6.07, 6.45) is -0.174. The molecular weight excluding hydrogens is 198 g/mol. The first-order valence-corrected chi connectivity index (χ1v) is 5.12. The van der Waals surface area contributed by atoms with Gasteiger partial charge in [-0.1, -0.05) is 30.3 Å². The van der Waals surface area contributed by atoms with E-state index in [2.05, 4.69) is 0 Å². The van der Waals surface area contributed by atoms with Gasteiger partial charge in [-0.3, -0.25) is 0 Å². The maximum atomic E-state index is 14.1. The Morgan fingerprint density at radius 3 is 2.20 bits per heavy atom. The van der Waals surface area contributed by atoms with Gasteiger partial charge in [0.05, 0.1) is 11.5 Å². The summed E-state index contributed by atoms with van der Waals surface area (Å²) in [5, 5.41) is 9.46. The number of halogens is 2. The highest BCUT2D eigenvalue weighted by Gasteiger charge is 2.65. The maximum absolute atomic E-state index is 14.1. The van der Waals surface area contributed by atoms with Crippen molar-refractivity contribution in [2.45, 2.75) is 31.8 Å². The topological polar surface area (TPSA) is 20.2 Å². The van der Waals surface area contributed by atoms with Crippen LogP contribution in [0.1, 0.15) is 25.3 Å². The van der Waals surface area contributed by atoms with Gasteiger partial charge in [-0.25, -0.2) is 8.78 Å². The van der Waals surface area contributed by atoms with Gasteiger partial charge in [-0.2, -0.15) is 0 Å². The highest BCUT2D eigenvalue weighted by molar-refractivity contribution is 5.26. The van der Waals surface area contributed by atoms with Crippen molar-refractivity contribution in [3.05, 3.63) is 35.9 Å². The lowest BCUT2D eigenvalue weighted by Gasteiger charge is -2.29. The molecule has 0 bridgehead atoms. The van der Waals surface area contributed by atoms with E-state index < -0.39 is 17.4 Å². The molecule has 1 N–H and O–H groups in total. The van der Waals surface area contributed by atoms with Gasteiger partial charge in [0, 0.05) is 5.56 Å². The number of hydrogen-bond donors (Lipinski definition) is 1. The molecule has 1 fully saturated rings. The Labute approximate surface area is 87.7 Å². The molecule has 0 saturated heterocycles. The molecule has 1 aliphatic carbocycles. The number of aliphatic hydroxyl groups excluding tert-OH is 1. The SMILES string of the molecule is CC(O)C1(C(F)(F)c2ccccc2)CC1. The molecule has 3 heteroatoms. The van der Waals surface area contributed by atoms with E-state index >= 15 is 0 Å². The number of benzene rings is 1. The van der Waals surface area contributed by atoms with Crippen LogP contribution in [0.3, 0.4) is 0 Å². The molecular formula is C12H14F2O. The molecule has 0 radical (unpaired) electrons. The van der Waals surface area contributed by atoms with Gasteiger partial charge in [0.25, 0.3) is 5.92 Å². The fourth-order valence-electron chi connectivity index (χ4n) is 2.06. The number of alkyl halides is 2. The second-order valence-corrected chi connectivity index (χ2v) is 4.27. The quantitative estimate of drug-likeness (QED) is 0.816. The molecule has 15 heavy (non-hydrogen) atoms. The summed E-state index contributed by atoms with van der Waals surface area (Å²) in [4.78, 5) is 0. The van der Waals surface area contributed by atoms with E-state index in [0.717, 1.165) is 0 Å². The summed E-state index contributed by atoms with van der Waals surface area (Å²) in [5.74, 6) is -2.93. The van der Waals surface area contributed by atoms with Crippen LogP contribution in [-0.2, 0) is 5.92 Å². The number of rotatable bonds is 3. The highest BCUT2D eigenvalue weighted by atomic mass is 19.3. The molecule has 1 nitrogen and oxygen atoms in total. The molecule has 1 atom stereocenters. The first-order chi connectivity index (χ1) is 7.01. The molecule has 0 heterocycles. The van der Waals surface area contributed by atoms with Crippen molar-refractivity contribution < 1.29 is 13.9 Å². The van der Waals surface area contributed by atoms with Gasteiger partial charge in [0.1, 0.15) is 0 Å². The second-order valence-electron chi connectivity index (χ2n) is 4.27. The predicted molar refractivity (Wildman–Crippen MR) is 53.7 cm³/mol. The minimum Gasteiger partial charge on any atom is -0.393 e. The largest absolute Gasteiger partial charge is 0.393 e. The van der Waals surface area contributed by atoms with Crippen LogP contribution in [-0.4, -0.2) is 11.2 Å². The van der Waals surface area contributed by atoms with E-state index in [-0.39, 0.29) is 5.56 Å². The van der Waals surface area contributed by atoms with Gasteiger partial charge in [-0.15, -0.1) is 0 Å². The lowest BCUT2D eigenvalue weighted by Crippen LogP contribution is -2.35. The maximum Gasteiger partial charge on any atom is 0.281 e. The second kappa shape index (κ2) is 3.27. The van der Waals surface area contributed by atoms with Gasteiger partial charge in [0.2, 0.25) is 0 Å². The molecule has 1 aliphatic rings. The summed E-state index contributed by atoms with van der Waals surface area (Å²) >= 11 is 0. The van der Waals surface area contributed by atoms with E-state index in [9.17, 15) is 13.9 Å². The Hall–Kier alpha value is -0.960. The molecule has 1 aromatic rings. The lowest BCUT2D eigenvalue weighted by atomic mass is 9.87. The third kappa shape index (κ3) is 1.46. The highest BCUT2D eigenvalue weighted by Crippen LogP contribution is 2.63. The minimum atomic E-state index is -2.93. The van der Waals surface area contributed by atoms with Crippen LogP contribution < -0.4 is 0 Å². The van der Waals surface area contributed by atoms with E-state index in [4.69, 9.17) is 0 Å². The van der Waals surface area contributed by atoms with Crippen LogP contribution in [0.4, 0.5) is 8.78 Å². The Morgan fingerprint density at radius 1 is 1.27 bits per heavy atom. The Balaban J connectivity index is 2.36. The number of aliphatic hydroxyl groups is 1. The van der Waals surface area contributed by atoms with Crippen molar-refractivity contribution in [2.24, 2.45) is 5.41 Å². The van der Waals surface area contributed by atoms with Gasteiger partial charge >= 0.3 is 0 Å². The summed E-state index contributed by atoms with van der Waals surface area (Å²) in [5.41, 5.74) is -1.22. The third-order valence-electron chi connectivity index (χ3n) is 3.35. The van der Waals surface area contributed by atoms with Gasteiger partial charge < -0.3 is 5.11 Å². The van der Waals surface area contributed by atoms with Gasteiger partial charge in [0.15, 0.2) is 0 Å². The van der Waals surface area contributed by atoms with Gasteiger partial charge in [-0.05, 0) is 19.8 Å². The molecule has 2 rings (SSSR count). The molecule has 1 aromatic carbocycles. The molecule has 0 amide bonds. The smallest absolute Gasteiger partial charge is 0.281 e. The first kappa shape index (κ1) is 10.6. The Morgan fingerprint density at radius 2 is 1.80 bits per heavy atom. The number of hydrogen-bond acceptors (Lipinski definition) is 1. The average molecular weight is 212 g/mol. The van der Waals surface area contributed by atoms with Crippen LogP contribution >= 0.6 is 0 Å². The van der Waals surface area contributed by atoms with Crippen LogP contribution in [0.2, 0.25) is 0 Å². The van der Waals surface area contributed by atoms with E-state index in [1.807, 2.05) is 0 Å². The van der Waals surface area contributed by atoms with Crippen molar-refractivity contribution in [1.29, 1.82) is 0 Å². The third-order valence-corrected chi connectivity index (χ3v) is 3.35. The molecule has 0 aromatic heterocycles. The molecule has 82 valence electrons. The van der Waals surface area contributed by atoms with E-state index in [1.54, 1.807) is 18.2 Å². The summed E-state index contributed by atoms with van der Waals surface area (Å²) in [7, 11) is 0. The van der Waals surface area contributed by atoms with Crippen LogP contribution in [0, 0.1) is 5.41 Å². The van der Waals surface area contributed by atoms with E-state index in [0.29, 0.717) is 12.8 Å². The zero-order valence-corrected chi connectivity index (χ0v) is 8.58. The molecule has 1 unspecified atom stereocenters. The minimum absolute atomic E-state index is 0.00315. The summed E-state index contributed by atoms with van der Waals surface area (Å²) in [6.45, 7) is 1.45. The van der Waals surface area contributed by atoms with Crippen molar-refractivity contribution in [3.63, 3.8) is 0 Å². The average Bonchev–Trinajstić information content (AvgIpc) is 3.00. The zero-order valence-electron chi connectivity index (χ0n) is 8.58. The zero-order chi connectivity index (χ0) is 11.1. The lowest BCUT2D eigenvalue weighted by molar-refractivity contribution is -0.123. The fourth-order valence-corrected chi connectivity index (χ4v) is 2.06. The summed E-state index contributed by atoms with van der Waals surface area (Å²) < 4.78 is 28.2. The Kier molecular flexibility index (Phi) is 2.30. The molecule has 0 aliphatic heterocycles. The first-order valence-electron chi connectivity index (χ1n) is 5.12. The van der Waals surface area contributed by atoms with Crippen molar-refractivity contribution >= 4 is 0 Å². The monoisotopic (exact) mass is 212 g/mol. The molecule has 0 spiro atoms. The van der Waals surface area contributed by atoms with E-state index in [1.165, 1.54) is 19.1 Å². The Bertz CT molecular complexity index is 342. The normalized spacial score (nSPS) is 21.1. The molecule has 1 saturated carbocycles.